The van der Waals surface area contributed by atoms with Gasteiger partial charge in [-0.15, -0.1) is 10.2 Å². The summed E-state index contributed by atoms with van der Waals surface area (Å²) in [5.74, 6) is 0.576. The number of hydrogen-bond donors (Lipinski definition) is 0. The van der Waals surface area contributed by atoms with Crippen molar-refractivity contribution in [3.05, 3.63) is 72.3 Å². The summed E-state index contributed by atoms with van der Waals surface area (Å²) in [6, 6.07) is 18.1. The SMILES string of the molecule is FC(F)(F)c1cccc(Sc2ccc3nnc(-c4ccccc4)n3n2)c1.[I-]. The number of aromatic nitrogens is 4. The fourth-order valence-electron chi connectivity index (χ4n) is 2.45. The maximum atomic E-state index is 12.9. The van der Waals surface area contributed by atoms with Crippen molar-refractivity contribution < 1.29 is 37.1 Å². The maximum Gasteiger partial charge on any atom is 0.416 e. The van der Waals surface area contributed by atoms with E-state index >= 15 is 0 Å². The van der Waals surface area contributed by atoms with E-state index in [4.69, 9.17) is 0 Å². The first-order valence-corrected chi connectivity index (χ1v) is 8.45. The minimum absolute atomic E-state index is 0. The molecule has 27 heavy (non-hydrogen) atoms. The number of benzene rings is 2. The van der Waals surface area contributed by atoms with Crippen LogP contribution in [0.5, 0.6) is 0 Å². The lowest BCUT2D eigenvalue weighted by Crippen LogP contribution is -3.00. The summed E-state index contributed by atoms with van der Waals surface area (Å²) < 4.78 is 40.2. The lowest BCUT2D eigenvalue weighted by Gasteiger charge is -2.08. The molecule has 138 valence electrons. The van der Waals surface area contributed by atoms with Gasteiger partial charge in [-0.2, -0.15) is 22.8 Å². The van der Waals surface area contributed by atoms with Crippen molar-refractivity contribution in [1.29, 1.82) is 0 Å². The maximum absolute atomic E-state index is 12.9. The highest BCUT2D eigenvalue weighted by molar-refractivity contribution is 7.99. The van der Waals surface area contributed by atoms with E-state index in [9.17, 15) is 13.2 Å². The molecule has 0 atom stereocenters. The molecule has 0 fully saturated rings. The molecule has 0 aliphatic carbocycles. The third kappa shape index (κ3) is 4.24. The number of halogens is 4. The Morgan fingerprint density at radius 2 is 1.63 bits per heavy atom. The smallest absolute Gasteiger partial charge is 0.416 e. The lowest BCUT2D eigenvalue weighted by atomic mass is 10.2. The van der Waals surface area contributed by atoms with Crippen LogP contribution in [0.25, 0.3) is 17.0 Å². The summed E-state index contributed by atoms with van der Waals surface area (Å²) in [4.78, 5) is 0.459. The Balaban J connectivity index is 0.00000210. The minimum atomic E-state index is -4.37. The largest absolute Gasteiger partial charge is 1.00 e. The molecule has 0 unspecified atom stereocenters. The molecule has 0 amide bonds. The van der Waals surface area contributed by atoms with Crippen LogP contribution in [0.2, 0.25) is 0 Å². The number of rotatable bonds is 3. The van der Waals surface area contributed by atoms with E-state index in [1.807, 2.05) is 30.3 Å². The number of nitrogens with zero attached hydrogens (tertiary/aromatic N) is 4. The number of alkyl halides is 3. The Morgan fingerprint density at radius 3 is 2.37 bits per heavy atom. The zero-order valence-corrected chi connectivity index (χ0v) is 16.5. The first-order chi connectivity index (χ1) is 12.5. The highest BCUT2D eigenvalue weighted by Crippen LogP contribution is 2.34. The molecule has 4 nitrogen and oxygen atoms in total. The van der Waals surface area contributed by atoms with Crippen LogP contribution in [0, 0.1) is 0 Å². The zero-order valence-electron chi connectivity index (χ0n) is 13.6. The summed E-state index contributed by atoms with van der Waals surface area (Å²) in [6.45, 7) is 0. The van der Waals surface area contributed by atoms with Crippen LogP contribution in [0.4, 0.5) is 13.2 Å². The molecule has 0 aliphatic heterocycles. The predicted octanol–water partition coefficient (Wildman–Crippen LogP) is 1.97. The van der Waals surface area contributed by atoms with Gasteiger partial charge >= 0.3 is 6.18 Å². The number of fused-ring (bicyclic) bond motifs is 1. The summed E-state index contributed by atoms with van der Waals surface area (Å²) in [6.07, 6.45) is -4.37. The van der Waals surface area contributed by atoms with Gasteiger partial charge in [0.2, 0.25) is 0 Å². The zero-order chi connectivity index (χ0) is 18.1. The fourth-order valence-corrected chi connectivity index (χ4v) is 3.28. The minimum Gasteiger partial charge on any atom is -1.00 e. The van der Waals surface area contributed by atoms with Crippen molar-refractivity contribution in [2.24, 2.45) is 0 Å². The summed E-state index contributed by atoms with van der Waals surface area (Å²) in [5.41, 5.74) is 0.740. The first kappa shape index (κ1) is 19.6. The van der Waals surface area contributed by atoms with E-state index in [1.165, 1.54) is 6.07 Å². The normalized spacial score (nSPS) is 11.4. The molecule has 0 aliphatic rings. The second kappa shape index (κ2) is 7.85. The molecule has 0 spiro atoms. The molecule has 2 aromatic carbocycles. The molecule has 0 saturated carbocycles. The van der Waals surface area contributed by atoms with Crippen LogP contribution in [0.1, 0.15) is 5.56 Å². The second-order valence-corrected chi connectivity index (χ2v) is 6.55. The standard InChI is InChI=1S/C18H11F3N4S.HI/c19-18(20,21)13-7-4-8-14(11-13)26-16-10-9-15-22-23-17(25(15)24-16)12-5-2-1-3-6-12;/h1-11H;1H/p-1. The fraction of sp³-hybridized carbons (Fsp3) is 0.0556. The average Bonchev–Trinajstić information content (AvgIpc) is 3.05. The topological polar surface area (TPSA) is 43.1 Å². The van der Waals surface area contributed by atoms with Crippen LogP contribution in [0.15, 0.2) is 76.7 Å². The van der Waals surface area contributed by atoms with Gasteiger partial charge in [0.15, 0.2) is 11.5 Å². The summed E-state index contributed by atoms with van der Waals surface area (Å²) in [7, 11) is 0. The van der Waals surface area contributed by atoms with Crippen molar-refractivity contribution in [3.63, 3.8) is 0 Å². The molecule has 9 heteroatoms. The van der Waals surface area contributed by atoms with Crippen LogP contribution in [-0.2, 0) is 6.18 Å². The first-order valence-electron chi connectivity index (χ1n) is 7.64. The van der Waals surface area contributed by atoms with Gasteiger partial charge in [-0.25, -0.2) is 0 Å². The quantitative estimate of drug-likeness (QED) is 0.405. The van der Waals surface area contributed by atoms with Crippen molar-refractivity contribution in [1.82, 2.24) is 19.8 Å². The van der Waals surface area contributed by atoms with E-state index in [1.54, 1.807) is 22.7 Å². The Kier molecular flexibility index (Phi) is 5.70. The predicted molar refractivity (Wildman–Crippen MR) is 91.8 cm³/mol. The Hall–Kier alpha value is -2.14. The Morgan fingerprint density at radius 1 is 0.852 bits per heavy atom. The molecule has 0 bridgehead atoms. The molecule has 4 aromatic rings. The van der Waals surface area contributed by atoms with Crippen molar-refractivity contribution >= 4 is 17.4 Å². The monoisotopic (exact) mass is 499 g/mol. The van der Waals surface area contributed by atoms with Gasteiger partial charge in [0.05, 0.1) is 5.56 Å². The molecule has 4 rings (SSSR count). The highest BCUT2D eigenvalue weighted by Gasteiger charge is 2.30. The van der Waals surface area contributed by atoms with Crippen LogP contribution in [-0.4, -0.2) is 19.8 Å². The van der Waals surface area contributed by atoms with Crippen molar-refractivity contribution in [3.8, 4) is 11.4 Å². The van der Waals surface area contributed by atoms with E-state index < -0.39 is 11.7 Å². The Labute approximate surface area is 173 Å². The summed E-state index contributed by atoms with van der Waals surface area (Å²) in [5, 5.41) is 13.3. The van der Waals surface area contributed by atoms with Gasteiger partial charge in [-0.3, -0.25) is 0 Å². The number of hydrogen-bond acceptors (Lipinski definition) is 4. The highest BCUT2D eigenvalue weighted by atomic mass is 127. The lowest BCUT2D eigenvalue weighted by molar-refractivity contribution is -0.137. The van der Waals surface area contributed by atoms with Gasteiger partial charge in [0.1, 0.15) is 5.03 Å². The van der Waals surface area contributed by atoms with E-state index in [0.29, 0.717) is 21.4 Å². The van der Waals surface area contributed by atoms with Gasteiger partial charge in [0.25, 0.3) is 0 Å². The van der Waals surface area contributed by atoms with Crippen LogP contribution in [0.3, 0.4) is 0 Å². The third-order valence-electron chi connectivity index (χ3n) is 3.65. The van der Waals surface area contributed by atoms with Gasteiger partial charge in [-0.05, 0) is 30.3 Å². The van der Waals surface area contributed by atoms with E-state index in [2.05, 4.69) is 15.3 Å². The van der Waals surface area contributed by atoms with Crippen molar-refractivity contribution in [2.75, 3.05) is 0 Å². The molecule has 0 N–H and O–H groups in total. The molecule has 2 aromatic heterocycles. The molecule has 0 radical (unpaired) electrons. The summed E-state index contributed by atoms with van der Waals surface area (Å²) >= 11 is 1.15. The van der Waals surface area contributed by atoms with Gasteiger partial charge in [-0.1, -0.05) is 48.2 Å². The third-order valence-corrected chi connectivity index (χ3v) is 4.57. The molecular weight excluding hydrogens is 488 g/mol. The average molecular weight is 499 g/mol. The van der Waals surface area contributed by atoms with Crippen LogP contribution >= 0.6 is 11.8 Å². The second-order valence-electron chi connectivity index (χ2n) is 5.46. The van der Waals surface area contributed by atoms with Crippen molar-refractivity contribution in [2.45, 2.75) is 16.1 Å². The van der Waals surface area contributed by atoms with E-state index in [0.717, 1.165) is 29.5 Å². The molecule has 2 heterocycles. The van der Waals surface area contributed by atoms with Crippen LogP contribution < -0.4 is 24.0 Å². The molecule has 0 saturated heterocycles. The van der Waals surface area contributed by atoms with Gasteiger partial charge in [0, 0.05) is 10.5 Å². The Bertz CT molecular complexity index is 1070. The van der Waals surface area contributed by atoms with Gasteiger partial charge < -0.3 is 24.0 Å². The molecular formula is C18H11F3IN4S-. The van der Waals surface area contributed by atoms with E-state index in [-0.39, 0.29) is 24.0 Å².